The molecule has 0 aromatic carbocycles. The van der Waals surface area contributed by atoms with E-state index in [0.717, 1.165) is 12.5 Å². The van der Waals surface area contributed by atoms with Crippen molar-refractivity contribution in [3.05, 3.63) is 0 Å². The van der Waals surface area contributed by atoms with Gasteiger partial charge in [0.1, 0.15) is 0 Å². The molecule has 16 heavy (non-hydrogen) atoms. The summed E-state index contributed by atoms with van der Waals surface area (Å²) in [5, 5.41) is 13.7. The van der Waals surface area contributed by atoms with Crippen LogP contribution in [0.1, 0.15) is 58.3 Å². The highest BCUT2D eigenvalue weighted by Gasteiger charge is 2.30. The van der Waals surface area contributed by atoms with Crippen molar-refractivity contribution in [2.24, 2.45) is 11.8 Å². The first-order chi connectivity index (χ1) is 7.81. The molecule has 2 rings (SSSR count). The van der Waals surface area contributed by atoms with E-state index in [9.17, 15) is 5.11 Å². The molecule has 0 saturated heterocycles. The lowest BCUT2D eigenvalue weighted by Crippen LogP contribution is -2.40. The van der Waals surface area contributed by atoms with Crippen LogP contribution in [0.4, 0.5) is 0 Å². The van der Waals surface area contributed by atoms with E-state index in [1.54, 1.807) is 0 Å². The van der Waals surface area contributed by atoms with Crippen molar-refractivity contribution in [2.45, 2.75) is 70.4 Å². The maximum absolute atomic E-state index is 10.2. The Morgan fingerprint density at radius 1 is 1.06 bits per heavy atom. The van der Waals surface area contributed by atoms with Crippen LogP contribution in [0.5, 0.6) is 0 Å². The average molecular weight is 225 g/mol. The van der Waals surface area contributed by atoms with Crippen LogP contribution in [0.3, 0.4) is 0 Å². The lowest BCUT2D eigenvalue weighted by Gasteiger charge is -2.28. The molecule has 2 fully saturated rings. The fourth-order valence-corrected chi connectivity index (χ4v) is 3.10. The van der Waals surface area contributed by atoms with Crippen molar-refractivity contribution in [2.75, 3.05) is 6.54 Å². The molecule has 0 aromatic rings. The van der Waals surface area contributed by atoms with Crippen LogP contribution in [-0.4, -0.2) is 23.8 Å². The maximum atomic E-state index is 10.2. The van der Waals surface area contributed by atoms with Crippen molar-refractivity contribution < 1.29 is 5.11 Å². The van der Waals surface area contributed by atoms with Crippen molar-refractivity contribution in [1.82, 2.24) is 5.32 Å². The van der Waals surface area contributed by atoms with Gasteiger partial charge in [-0.3, -0.25) is 0 Å². The number of rotatable bonds is 6. The van der Waals surface area contributed by atoms with E-state index in [-0.39, 0.29) is 6.10 Å². The molecule has 2 heteroatoms. The highest BCUT2D eigenvalue weighted by molar-refractivity contribution is 4.86. The zero-order valence-corrected chi connectivity index (χ0v) is 10.6. The quantitative estimate of drug-likeness (QED) is 0.728. The second kappa shape index (κ2) is 6.02. The van der Waals surface area contributed by atoms with E-state index < -0.39 is 0 Å². The summed E-state index contributed by atoms with van der Waals surface area (Å²) in [5.41, 5.74) is 0. The van der Waals surface area contributed by atoms with Crippen molar-refractivity contribution in [3.8, 4) is 0 Å². The largest absolute Gasteiger partial charge is 0.392 e. The molecule has 2 atom stereocenters. The summed E-state index contributed by atoms with van der Waals surface area (Å²) in [7, 11) is 0. The highest BCUT2D eigenvalue weighted by atomic mass is 16.3. The van der Waals surface area contributed by atoms with Crippen molar-refractivity contribution in [1.29, 1.82) is 0 Å². The summed E-state index contributed by atoms with van der Waals surface area (Å²) >= 11 is 0. The van der Waals surface area contributed by atoms with Crippen molar-refractivity contribution in [3.63, 3.8) is 0 Å². The minimum Gasteiger partial charge on any atom is -0.392 e. The molecule has 0 spiro atoms. The topological polar surface area (TPSA) is 32.3 Å². The summed E-state index contributed by atoms with van der Waals surface area (Å²) in [6, 6.07) is 0.665. The standard InChI is InChI=1S/C14H27NO/c1-2-13(11-8-9-11)15-10-14(16)12-6-4-3-5-7-12/h11-16H,2-10H2,1H3. The van der Waals surface area contributed by atoms with Crippen molar-refractivity contribution >= 4 is 0 Å². The van der Waals surface area contributed by atoms with E-state index >= 15 is 0 Å². The third-order valence-electron chi connectivity index (χ3n) is 4.41. The van der Waals surface area contributed by atoms with Gasteiger partial charge in [-0.2, -0.15) is 0 Å². The Morgan fingerprint density at radius 2 is 1.75 bits per heavy atom. The SMILES string of the molecule is CCC(NCC(O)C1CCCCC1)C1CC1. The van der Waals surface area contributed by atoms with Gasteiger partial charge in [0, 0.05) is 12.6 Å². The van der Waals surface area contributed by atoms with Gasteiger partial charge in [-0.05, 0) is 43.9 Å². The van der Waals surface area contributed by atoms with Crippen LogP contribution in [-0.2, 0) is 0 Å². The number of hydrogen-bond donors (Lipinski definition) is 2. The van der Waals surface area contributed by atoms with Crippen LogP contribution in [0.2, 0.25) is 0 Å². The molecule has 2 aliphatic carbocycles. The number of nitrogens with one attached hydrogen (secondary N) is 1. The summed E-state index contributed by atoms with van der Waals surface area (Å²) in [6.07, 6.45) is 10.4. The summed E-state index contributed by atoms with van der Waals surface area (Å²) < 4.78 is 0. The van der Waals surface area contributed by atoms with Gasteiger partial charge in [0.05, 0.1) is 6.10 Å². The first kappa shape index (κ1) is 12.4. The van der Waals surface area contributed by atoms with Gasteiger partial charge in [-0.1, -0.05) is 26.2 Å². The van der Waals surface area contributed by atoms with Crippen LogP contribution >= 0.6 is 0 Å². The maximum Gasteiger partial charge on any atom is 0.0692 e. The average Bonchev–Trinajstić information content (AvgIpc) is 3.15. The normalized spacial score (nSPS) is 26.6. The fraction of sp³-hybridized carbons (Fsp3) is 1.00. The molecule has 0 heterocycles. The van der Waals surface area contributed by atoms with Crippen LogP contribution in [0, 0.1) is 11.8 Å². The zero-order chi connectivity index (χ0) is 11.4. The number of aliphatic hydroxyl groups is 1. The van der Waals surface area contributed by atoms with Gasteiger partial charge in [0.2, 0.25) is 0 Å². The molecular formula is C14H27NO. The monoisotopic (exact) mass is 225 g/mol. The Hall–Kier alpha value is -0.0800. The van der Waals surface area contributed by atoms with Gasteiger partial charge in [0.25, 0.3) is 0 Å². The van der Waals surface area contributed by atoms with E-state index in [0.29, 0.717) is 12.0 Å². The van der Waals surface area contributed by atoms with Gasteiger partial charge in [-0.15, -0.1) is 0 Å². The lowest BCUT2D eigenvalue weighted by molar-refractivity contribution is 0.0804. The van der Waals surface area contributed by atoms with Gasteiger partial charge >= 0.3 is 0 Å². The lowest BCUT2D eigenvalue weighted by atomic mass is 9.85. The van der Waals surface area contributed by atoms with Gasteiger partial charge in [-0.25, -0.2) is 0 Å². The Labute approximate surface area is 99.8 Å². The fourth-order valence-electron chi connectivity index (χ4n) is 3.10. The van der Waals surface area contributed by atoms with Crippen LogP contribution in [0.25, 0.3) is 0 Å². The summed E-state index contributed by atoms with van der Waals surface area (Å²) in [6.45, 7) is 3.07. The molecule has 2 aliphatic rings. The molecule has 0 radical (unpaired) electrons. The van der Waals surface area contributed by atoms with E-state index in [4.69, 9.17) is 0 Å². The second-order valence-corrected chi connectivity index (χ2v) is 5.73. The minimum atomic E-state index is -0.104. The molecule has 0 aromatic heterocycles. The molecule has 0 aliphatic heterocycles. The highest BCUT2D eigenvalue weighted by Crippen LogP contribution is 2.34. The molecule has 2 N–H and O–H groups in total. The predicted molar refractivity (Wildman–Crippen MR) is 67.4 cm³/mol. The first-order valence-corrected chi connectivity index (χ1v) is 7.22. The van der Waals surface area contributed by atoms with E-state index in [1.165, 1.54) is 51.4 Å². The summed E-state index contributed by atoms with van der Waals surface area (Å²) in [5.74, 6) is 1.47. The molecule has 0 amide bonds. The molecular weight excluding hydrogens is 198 g/mol. The smallest absolute Gasteiger partial charge is 0.0692 e. The Kier molecular flexibility index (Phi) is 4.66. The third-order valence-corrected chi connectivity index (χ3v) is 4.41. The zero-order valence-electron chi connectivity index (χ0n) is 10.6. The van der Waals surface area contributed by atoms with E-state index in [2.05, 4.69) is 12.2 Å². The van der Waals surface area contributed by atoms with E-state index in [1.807, 2.05) is 0 Å². The Bertz CT molecular complexity index is 197. The van der Waals surface area contributed by atoms with Gasteiger partial charge < -0.3 is 10.4 Å². The van der Waals surface area contributed by atoms with Gasteiger partial charge in [0.15, 0.2) is 0 Å². The van der Waals surface area contributed by atoms with Crippen LogP contribution < -0.4 is 5.32 Å². The Morgan fingerprint density at radius 3 is 2.31 bits per heavy atom. The molecule has 94 valence electrons. The predicted octanol–water partition coefficient (Wildman–Crippen LogP) is 2.71. The van der Waals surface area contributed by atoms with Crippen LogP contribution in [0.15, 0.2) is 0 Å². The second-order valence-electron chi connectivity index (χ2n) is 5.73. The Balaban J connectivity index is 1.67. The summed E-state index contributed by atoms with van der Waals surface area (Å²) in [4.78, 5) is 0. The molecule has 2 nitrogen and oxygen atoms in total. The first-order valence-electron chi connectivity index (χ1n) is 7.22. The minimum absolute atomic E-state index is 0.104. The molecule has 2 unspecified atom stereocenters. The number of hydrogen-bond acceptors (Lipinski definition) is 2. The molecule has 2 saturated carbocycles. The third kappa shape index (κ3) is 3.46. The molecule has 0 bridgehead atoms. The number of aliphatic hydroxyl groups excluding tert-OH is 1.